The molecule has 0 aliphatic heterocycles. The van der Waals surface area contributed by atoms with Crippen LogP contribution in [0.25, 0.3) is 50.5 Å². The number of alkyl halides is 3. The summed E-state index contributed by atoms with van der Waals surface area (Å²) in [4.78, 5) is 8.00. The van der Waals surface area contributed by atoms with E-state index in [0.29, 0.717) is 0 Å². The van der Waals surface area contributed by atoms with Gasteiger partial charge in [0.05, 0.1) is 28.6 Å². The van der Waals surface area contributed by atoms with Gasteiger partial charge < -0.3 is 0 Å². The fourth-order valence-electron chi connectivity index (χ4n) is 4.96. The van der Waals surface area contributed by atoms with Gasteiger partial charge in [-0.25, -0.2) is 27.5 Å². The van der Waals surface area contributed by atoms with Crippen molar-refractivity contribution in [2.75, 3.05) is 0 Å². The van der Waals surface area contributed by atoms with Crippen molar-refractivity contribution in [1.29, 1.82) is 10.5 Å². The molecule has 0 aliphatic rings. The van der Waals surface area contributed by atoms with Crippen LogP contribution in [-0.2, 0) is 6.18 Å². The van der Waals surface area contributed by atoms with E-state index < -0.39 is 35.1 Å². The Hall–Kier alpha value is -6.01. The van der Waals surface area contributed by atoms with Gasteiger partial charge in [0.25, 0.3) is 0 Å². The number of benzene rings is 4. The fourth-order valence-corrected chi connectivity index (χ4v) is 4.96. The molecule has 45 heavy (non-hydrogen) atoms. The van der Waals surface area contributed by atoms with Crippen LogP contribution in [0.5, 0.6) is 0 Å². The summed E-state index contributed by atoms with van der Waals surface area (Å²) in [6.45, 7) is 0. The third kappa shape index (κ3) is 5.23. The van der Waals surface area contributed by atoms with Gasteiger partial charge in [0.1, 0.15) is 35.0 Å². The molecule has 0 saturated carbocycles. The number of aromatic nitrogens is 3. The van der Waals surface area contributed by atoms with Crippen molar-refractivity contribution in [3.63, 3.8) is 0 Å². The zero-order chi connectivity index (χ0) is 32.0. The van der Waals surface area contributed by atoms with Crippen LogP contribution in [0.3, 0.4) is 0 Å². The van der Waals surface area contributed by atoms with E-state index in [1.807, 2.05) is 6.07 Å². The van der Waals surface area contributed by atoms with E-state index in [2.05, 4.69) is 9.97 Å². The molecular weight excluding hydrogens is 599 g/mol. The standard InChI is InChI=1S/C33H14F7N5/c34-22-4-5-23(20(12-22)15-41)25-14-19(3-8-28(25)37)31-30(44-32-43-29(33(38,39)40)9-10-45(31)32)18-2-7-27(36)24(13-18)17-1-6-26(35)21(11-17)16-42/h1-14H. The predicted octanol–water partition coefficient (Wildman–Crippen LogP) is 8.72. The van der Waals surface area contributed by atoms with Crippen LogP contribution in [0, 0.1) is 45.9 Å². The summed E-state index contributed by atoms with van der Waals surface area (Å²) in [5.41, 5.74) is -1.04. The van der Waals surface area contributed by atoms with Crippen molar-refractivity contribution in [1.82, 2.24) is 14.4 Å². The van der Waals surface area contributed by atoms with Crippen molar-refractivity contribution in [3.8, 4) is 56.9 Å². The second kappa shape index (κ2) is 10.9. The van der Waals surface area contributed by atoms with Crippen molar-refractivity contribution in [2.45, 2.75) is 6.18 Å². The highest BCUT2D eigenvalue weighted by Crippen LogP contribution is 2.39. The average Bonchev–Trinajstić information content (AvgIpc) is 3.40. The van der Waals surface area contributed by atoms with Crippen LogP contribution in [-0.4, -0.2) is 14.4 Å². The van der Waals surface area contributed by atoms with E-state index in [4.69, 9.17) is 0 Å². The SMILES string of the molecule is N#Cc1cc(-c2cc(-c3nc4nc(C(F)(F)F)ccn4c3-c3ccc(F)c(-c4ccc(F)cc4C#N)c3)ccc2F)ccc1F. The lowest BCUT2D eigenvalue weighted by atomic mass is 9.95. The van der Waals surface area contributed by atoms with Crippen LogP contribution >= 0.6 is 0 Å². The number of fused-ring (bicyclic) bond motifs is 1. The summed E-state index contributed by atoms with van der Waals surface area (Å²) >= 11 is 0. The van der Waals surface area contributed by atoms with E-state index in [0.717, 1.165) is 48.7 Å². The molecule has 0 fully saturated rings. The van der Waals surface area contributed by atoms with Gasteiger partial charge in [-0.2, -0.15) is 23.7 Å². The van der Waals surface area contributed by atoms with Crippen LogP contribution in [0.2, 0.25) is 0 Å². The van der Waals surface area contributed by atoms with Crippen LogP contribution < -0.4 is 0 Å². The minimum Gasteiger partial charge on any atom is -0.283 e. The maximum absolute atomic E-state index is 15.2. The molecule has 12 heteroatoms. The largest absolute Gasteiger partial charge is 0.433 e. The Labute approximate surface area is 249 Å². The molecule has 6 aromatic rings. The molecule has 0 aliphatic carbocycles. The molecule has 0 unspecified atom stereocenters. The molecule has 6 rings (SSSR count). The summed E-state index contributed by atoms with van der Waals surface area (Å²) in [6.07, 6.45) is -3.71. The molecule has 0 radical (unpaired) electrons. The highest BCUT2D eigenvalue weighted by Gasteiger charge is 2.33. The first-order valence-electron chi connectivity index (χ1n) is 12.9. The number of hydrogen-bond acceptors (Lipinski definition) is 4. The topological polar surface area (TPSA) is 77.8 Å². The molecule has 220 valence electrons. The van der Waals surface area contributed by atoms with Gasteiger partial charge in [0, 0.05) is 34.0 Å². The Bertz CT molecular complexity index is 2240. The maximum atomic E-state index is 15.2. The van der Waals surface area contributed by atoms with E-state index in [9.17, 15) is 32.5 Å². The monoisotopic (exact) mass is 613 g/mol. The van der Waals surface area contributed by atoms with Gasteiger partial charge in [-0.1, -0.05) is 12.1 Å². The van der Waals surface area contributed by atoms with Gasteiger partial charge in [0.2, 0.25) is 5.78 Å². The van der Waals surface area contributed by atoms with Crippen LogP contribution in [0.4, 0.5) is 30.7 Å². The zero-order valence-corrected chi connectivity index (χ0v) is 22.5. The molecule has 0 atom stereocenters. The molecule has 2 heterocycles. The fraction of sp³-hybridized carbons (Fsp3) is 0.0303. The molecule has 2 aromatic heterocycles. The van der Waals surface area contributed by atoms with E-state index in [1.165, 1.54) is 40.8 Å². The van der Waals surface area contributed by atoms with Gasteiger partial charge in [0.15, 0.2) is 0 Å². The third-order valence-electron chi connectivity index (χ3n) is 7.05. The summed E-state index contributed by atoms with van der Waals surface area (Å²) < 4.78 is 99.9. The Balaban J connectivity index is 1.61. The Kier molecular flexibility index (Phi) is 7.06. The highest BCUT2D eigenvalue weighted by atomic mass is 19.4. The summed E-state index contributed by atoms with van der Waals surface area (Å²) in [6, 6.07) is 18.4. The van der Waals surface area contributed by atoms with Gasteiger partial charge >= 0.3 is 6.18 Å². The molecule has 5 nitrogen and oxygen atoms in total. The summed E-state index contributed by atoms with van der Waals surface area (Å²) in [5, 5.41) is 18.8. The predicted molar refractivity (Wildman–Crippen MR) is 149 cm³/mol. The number of rotatable bonds is 4. The van der Waals surface area contributed by atoms with E-state index >= 15 is 8.78 Å². The third-order valence-corrected chi connectivity index (χ3v) is 7.05. The molecule has 0 spiro atoms. The summed E-state index contributed by atoms with van der Waals surface area (Å²) in [5.74, 6) is -3.39. The second-order valence-corrected chi connectivity index (χ2v) is 9.79. The molecular formula is C33H14F7N5. The molecule has 0 amide bonds. The highest BCUT2D eigenvalue weighted by molar-refractivity contribution is 5.86. The smallest absolute Gasteiger partial charge is 0.283 e. The van der Waals surface area contributed by atoms with Crippen molar-refractivity contribution < 1.29 is 30.7 Å². The van der Waals surface area contributed by atoms with Crippen LogP contribution in [0.15, 0.2) is 85.1 Å². The van der Waals surface area contributed by atoms with Gasteiger partial charge in [-0.15, -0.1) is 0 Å². The quantitative estimate of drug-likeness (QED) is 0.186. The number of halogens is 7. The Morgan fingerprint density at radius 3 is 1.96 bits per heavy atom. The minimum atomic E-state index is -4.79. The molecule has 0 N–H and O–H groups in total. The van der Waals surface area contributed by atoms with Crippen molar-refractivity contribution >= 4 is 5.78 Å². The minimum absolute atomic E-state index is 0.0304. The normalized spacial score (nSPS) is 11.4. The molecule has 0 saturated heterocycles. The van der Waals surface area contributed by atoms with E-state index in [1.54, 1.807) is 6.07 Å². The second-order valence-electron chi connectivity index (χ2n) is 9.79. The lowest BCUT2D eigenvalue weighted by molar-refractivity contribution is -0.141. The zero-order valence-electron chi connectivity index (χ0n) is 22.5. The number of nitriles is 2. The molecule has 4 aromatic carbocycles. The van der Waals surface area contributed by atoms with E-state index in [-0.39, 0.29) is 61.7 Å². The Morgan fingerprint density at radius 1 is 0.600 bits per heavy atom. The summed E-state index contributed by atoms with van der Waals surface area (Å²) in [7, 11) is 0. The number of nitrogens with zero attached hydrogens (tertiary/aromatic N) is 5. The van der Waals surface area contributed by atoms with Crippen molar-refractivity contribution in [3.05, 3.63) is 125 Å². The van der Waals surface area contributed by atoms with Crippen molar-refractivity contribution in [2.24, 2.45) is 0 Å². The van der Waals surface area contributed by atoms with Gasteiger partial charge in [-0.05, 0) is 72.3 Å². The lowest BCUT2D eigenvalue weighted by Crippen LogP contribution is -2.09. The number of imidazole rings is 1. The number of hydrogen-bond donors (Lipinski definition) is 0. The van der Waals surface area contributed by atoms with Gasteiger partial charge in [-0.3, -0.25) is 4.40 Å². The first kappa shape index (κ1) is 29.1. The first-order chi connectivity index (χ1) is 21.5. The average molecular weight is 613 g/mol. The maximum Gasteiger partial charge on any atom is 0.433 e. The Morgan fingerprint density at radius 2 is 1.24 bits per heavy atom. The first-order valence-corrected chi connectivity index (χ1v) is 12.9. The lowest BCUT2D eigenvalue weighted by Gasteiger charge is -2.12. The molecule has 0 bridgehead atoms. The van der Waals surface area contributed by atoms with Crippen LogP contribution in [0.1, 0.15) is 16.8 Å².